The van der Waals surface area contributed by atoms with Crippen LogP contribution in [0.3, 0.4) is 0 Å². The van der Waals surface area contributed by atoms with Crippen LogP contribution in [-0.2, 0) is 4.79 Å². The molecule has 2 saturated carbocycles. The Hall–Kier alpha value is -2.85. The van der Waals surface area contributed by atoms with Gasteiger partial charge in [-0.1, -0.05) is 36.4 Å². The van der Waals surface area contributed by atoms with Crippen molar-refractivity contribution in [1.29, 1.82) is 0 Å². The normalized spacial score (nSPS) is 22.5. The summed E-state index contributed by atoms with van der Waals surface area (Å²) in [4.78, 5) is 21.4. The van der Waals surface area contributed by atoms with Crippen molar-refractivity contribution in [1.82, 2.24) is 0 Å². The van der Waals surface area contributed by atoms with Gasteiger partial charge < -0.3 is 9.80 Å². The van der Waals surface area contributed by atoms with Gasteiger partial charge in [0.15, 0.2) is 5.78 Å². The Bertz CT molecular complexity index is 1400. The number of carbonyl (C=O) groups is 1. The monoisotopic (exact) mass is 493 g/mol. The number of anilines is 2. The molecule has 3 fully saturated rings. The van der Waals surface area contributed by atoms with Crippen molar-refractivity contribution in [2.45, 2.75) is 59.5 Å². The lowest BCUT2D eigenvalue weighted by atomic mass is 9.95. The number of Topliss-reactive ketones (excluding diaryl/α,β-unsaturated/α-hetero) is 1. The minimum absolute atomic E-state index is 0.0105. The first-order chi connectivity index (χ1) is 17.4. The van der Waals surface area contributed by atoms with Crippen LogP contribution < -0.4 is 9.80 Å². The fourth-order valence-corrected chi connectivity index (χ4v) is 7.57. The Labute approximate surface area is 218 Å². The summed E-state index contributed by atoms with van der Waals surface area (Å²) in [6.45, 7) is 9.29. The summed E-state index contributed by atoms with van der Waals surface area (Å²) in [5, 5.41) is 0. The number of benzene rings is 2. The number of hydrogen-bond acceptors (Lipinski definition) is 4. The zero-order valence-electron chi connectivity index (χ0n) is 21.6. The smallest absolute Gasteiger partial charge is 0.182 e. The highest BCUT2D eigenvalue weighted by atomic mass is 32.1. The summed E-state index contributed by atoms with van der Waals surface area (Å²) >= 11 is 1.83. The number of rotatable bonds is 5. The molecule has 4 aliphatic rings. The molecule has 1 saturated heterocycles. The highest BCUT2D eigenvalue weighted by Crippen LogP contribution is 2.59. The van der Waals surface area contributed by atoms with Crippen molar-refractivity contribution in [3.8, 4) is 10.4 Å². The van der Waals surface area contributed by atoms with Gasteiger partial charge in [-0.05, 0) is 105 Å². The van der Waals surface area contributed by atoms with E-state index in [1.54, 1.807) is 6.04 Å². The fourth-order valence-electron chi connectivity index (χ4n) is 6.48. The molecule has 183 valence electrons. The quantitative estimate of drug-likeness (QED) is 0.340. The highest BCUT2D eigenvalue weighted by molar-refractivity contribution is 7.15. The summed E-state index contributed by atoms with van der Waals surface area (Å²) in [6, 6.07) is 19.1. The largest absolute Gasteiger partial charge is 0.337 e. The van der Waals surface area contributed by atoms with Crippen LogP contribution in [0.25, 0.3) is 16.0 Å². The van der Waals surface area contributed by atoms with E-state index in [1.165, 1.54) is 69.1 Å². The van der Waals surface area contributed by atoms with Gasteiger partial charge in [0.1, 0.15) is 6.17 Å². The number of carbonyl (C=O) groups excluding carboxylic acids is 1. The molecule has 2 aromatic carbocycles. The van der Waals surface area contributed by atoms with Crippen molar-refractivity contribution in [2.24, 2.45) is 11.8 Å². The fraction of sp³-hybridized carbons (Fsp3) is 0.375. The number of aryl methyl sites for hydroxylation is 2. The molecule has 2 aliphatic carbocycles. The molecule has 3 aromatic rings. The standard InChI is InChI=1S/C32H33N2OS/c1-18-10-15-26-30(19(18)2)33-17-27(35)29(32(33)34(26)31(23-11-12-23)24-13-14-24)20(3)25-16-28(36-21(25)4)22-8-6-5-7-9-22/h5-10,15-16,23-24,32H,11-14,17H2,1-4H3/b29-20-. The summed E-state index contributed by atoms with van der Waals surface area (Å²) in [5.74, 6) is 1.67. The van der Waals surface area contributed by atoms with Gasteiger partial charge in [0.05, 0.1) is 24.0 Å². The topological polar surface area (TPSA) is 23.6 Å². The van der Waals surface area contributed by atoms with Gasteiger partial charge in [-0.25, -0.2) is 0 Å². The van der Waals surface area contributed by atoms with Gasteiger partial charge in [0.25, 0.3) is 0 Å². The van der Waals surface area contributed by atoms with E-state index in [1.807, 2.05) is 11.3 Å². The SMILES string of the molecule is C/C(=C1\C(=O)CN2c3c(ccc(C)c3C)N([C](C3CC3)C3CC3)C12)c1cc(-c2ccccc2)sc1C. The highest BCUT2D eigenvalue weighted by Gasteiger charge is 2.55. The third-order valence-corrected chi connectivity index (χ3v) is 9.79. The zero-order valence-corrected chi connectivity index (χ0v) is 22.4. The van der Waals surface area contributed by atoms with E-state index < -0.39 is 0 Å². The second-order valence-electron chi connectivity index (χ2n) is 11.1. The third kappa shape index (κ3) is 3.33. The van der Waals surface area contributed by atoms with E-state index in [0.29, 0.717) is 18.4 Å². The van der Waals surface area contributed by atoms with Gasteiger partial charge in [0, 0.05) is 15.3 Å². The summed E-state index contributed by atoms with van der Waals surface area (Å²) in [6.07, 6.45) is 5.18. The van der Waals surface area contributed by atoms with E-state index in [-0.39, 0.29) is 11.9 Å². The molecule has 1 atom stereocenters. The van der Waals surface area contributed by atoms with Gasteiger partial charge in [-0.3, -0.25) is 4.79 Å². The van der Waals surface area contributed by atoms with E-state index in [2.05, 4.69) is 86.0 Å². The van der Waals surface area contributed by atoms with Crippen LogP contribution in [0.1, 0.15) is 54.2 Å². The molecule has 0 N–H and O–H groups in total. The van der Waals surface area contributed by atoms with Crippen molar-refractivity contribution in [2.75, 3.05) is 16.3 Å². The number of thiophene rings is 1. The molecule has 0 spiro atoms. The lowest BCUT2D eigenvalue weighted by molar-refractivity contribution is -0.113. The van der Waals surface area contributed by atoms with E-state index in [0.717, 1.165) is 11.1 Å². The Kier molecular flexibility index (Phi) is 5.02. The molecular formula is C32H33N2OS. The Morgan fingerprint density at radius 3 is 2.31 bits per heavy atom. The van der Waals surface area contributed by atoms with E-state index in [9.17, 15) is 4.79 Å². The second-order valence-corrected chi connectivity index (χ2v) is 12.4. The number of hydrogen-bond donors (Lipinski definition) is 0. The van der Waals surface area contributed by atoms with Gasteiger partial charge in [-0.15, -0.1) is 11.3 Å². The van der Waals surface area contributed by atoms with Crippen molar-refractivity contribution < 1.29 is 4.79 Å². The molecule has 2 aliphatic heterocycles. The average molecular weight is 494 g/mol. The maximum absolute atomic E-state index is 13.8. The lowest BCUT2D eigenvalue weighted by Gasteiger charge is -2.36. The first-order valence-corrected chi connectivity index (χ1v) is 14.2. The van der Waals surface area contributed by atoms with Crippen molar-refractivity contribution in [3.63, 3.8) is 0 Å². The molecule has 0 bridgehead atoms. The number of fused-ring (bicyclic) bond motifs is 3. The number of allylic oxidation sites excluding steroid dienone is 1. The average Bonchev–Trinajstić information content (AvgIpc) is 3.79. The van der Waals surface area contributed by atoms with Crippen LogP contribution in [0.2, 0.25) is 0 Å². The molecule has 7 rings (SSSR count). The Morgan fingerprint density at radius 2 is 1.64 bits per heavy atom. The molecule has 3 heterocycles. The first kappa shape index (κ1) is 22.4. The Balaban J connectivity index is 1.39. The summed E-state index contributed by atoms with van der Waals surface area (Å²) in [5.41, 5.74) is 9.85. The number of nitrogens with zero attached hydrogens (tertiary/aromatic N) is 2. The molecule has 1 unspecified atom stereocenters. The van der Waals surface area contributed by atoms with Crippen LogP contribution in [0, 0.1) is 38.6 Å². The maximum atomic E-state index is 13.8. The minimum atomic E-state index is -0.0105. The van der Waals surface area contributed by atoms with Crippen LogP contribution in [0.4, 0.5) is 11.4 Å². The molecular weight excluding hydrogens is 460 g/mol. The van der Waals surface area contributed by atoms with Crippen molar-refractivity contribution >= 4 is 34.1 Å². The van der Waals surface area contributed by atoms with E-state index >= 15 is 0 Å². The van der Waals surface area contributed by atoms with Crippen molar-refractivity contribution in [3.05, 3.63) is 81.7 Å². The first-order valence-electron chi connectivity index (χ1n) is 13.4. The zero-order chi connectivity index (χ0) is 24.7. The molecule has 4 heteroatoms. The molecule has 36 heavy (non-hydrogen) atoms. The van der Waals surface area contributed by atoms with Gasteiger partial charge in [0.2, 0.25) is 0 Å². The molecule has 1 radical (unpaired) electrons. The van der Waals surface area contributed by atoms with Gasteiger partial charge >= 0.3 is 0 Å². The second kappa shape index (κ2) is 8.08. The predicted molar refractivity (Wildman–Crippen MR) is 150 cm³/mol. The molecule has 1 aromatic heterocycles. The molecule has 0 amide bonds. The third-order valence-electron chi connectivity index (χ3n) is 8.69. The summed E-state index contributed by atoms with van der Waals surface area (Å²) in [7, 11) is 0. The number of ketones is 1. The van der Waals surface area contributed by atoms with Crippen LogP contribution in [-0.4, -0.2) is 18.5 Å². The molecule has 3 nitrogen and oxygen atoms in total. The van der Waals surface area contributed by atoms with Crippen LogP contribution in [0.15, 0.2) is 54.1 Å². The van der Waals surface area contributed by atoms with Gasteiger partial charge in [-0.2, -0.15) is 0 Å². The van der Waals surface area contributed by atoms with Crippen LogP contribution >= 0.6 is 11.3 Å². The maximum Gasteiger partial charge on any atom is 0.182 e. The van der Waals surface area contributed by atoms with Crippen LogP contribution in [0.5, 0.6) is 0 Å². The predicted octanol–water partition coefficient (Wildman–Crippen LogP) is 7.70. The van der Waals surface area contributed by atoms with E-state index in [4.69, 9.17) is 0 Å². The Morgan fingerprint density at radius 1 is 0.944 bits per heavy atom. The lowest BCUT2D eigenvalue weighted by Crippen LogP contribution is -2.44. The minimum Gasteiger partial charge on any atom is -0.337 e. The summed E-state index contributed by atoms with van der Waals surface area (Å²) < 4.78 is 0.